The number of aryl methyl sites for hydroxylation is 1. The minimum atomic E-state index is 0.829. The fraction of sp³-hybridized carbons (Fsp3) is 0.364. The smallest absolute Gasteiger partial charge is 0.0907 e. The Morgan fingerprint density at radius 3 is 2.87 bits per heavy atom. The molecule has 0 radical (unpaired) electrons. The van der Waals surface area contributed by atoms with Gasteiger partial charge < -0.3 is 10.6 Å². The van der Waals surface area contributed by atoms with Crippen molar-refractivity contribution in [3.05, 3.63) is 17.1 Å². The van der Waals surface area contributed by atoms with E-state index in [-0.39, 0.29) is 0 Å². The molecule has 2 rings (SSSR count). The maximum absolute atomic E-state index is 6.01. The summed E-state index contributed by atoms with van der Waals surface area (Å²) < 4.78 is 1.17. The zero-order valence-corrected chi connectivity index (χ0v) is 10.1. The topological polar surface area (TPSA) is 42.2 Å². The predicted molar refractivity (Wildman–Crippen MR) is 67.7 cm³/mol. The standard InChI is InChI=1S/C11H15N3S/c1-4-14(3)10-6-9-11(5-8(10)12)15-7(2)13-9/h5-6H,4,12H2,1-3H3. The Kier molecular flexibility index (Phi) is 2.52. The van der Waals surface area contributed by atoms with Crippen molar-refractivity contribution in [3.63, 3.8) is 0 Å². The van der Waals surface area contributed by atoms with Gasteiger partial charge in [-0.3, -0.25) is 0 Å². The summed E-state index contributed by atoms with van der Waals surface area (Å²) >= 11 is 1.68. The van der Waals surface area contributed by atoms with Gasteiger partial charge in [-0.1, -0.05) is 0 Å². The van der Waals surface area contributed by atoms with E-state index in [2.05, 4.69) is 22.9 Å². The number of hydrogen-bond acceptors (Lipinski definition) is 4. The Morgan fingerprint density at radius 1 is 1.47 bits per heavy atom. The quantitative estimate of drug-likeness (QED) is 0.793. The van der Waals surface area contributed by atoms with Crippen molar-refractivity contribution in [2.45, 2.75) is 13.8 Å². The zero-order valence-electron chi connectivity index (χ0n) is 9.24. The summed E-state index contributed by atoms with van der Waals surface area (Å²) in [5, 5.41) is 1.08. The molecule has 0 unspecified atom stereocenters. The predicted octanol–water partition coefficient (Wildman–Crippen LogP) is 2.64. The average molecular weight is 221 g/mol. The minimum Gasteiger partial charge on any atom is -0.397 e. The number of thiazole rings is 1. The lowest BCUT2D eigenvalue weighted by Crippen LogP contribution is -2.17. The third-order valence-electron chi connectivity index (χ3n) is 2.53. The number of rotatable bonds is 2. The van der Waals surface area contributed by atoms with E-state index < -0.39 is 0 Å². The third-order valence-corrected chi connectivity index (χ3v) is 3.46. The Labute approximate surface area is 93.5 Å². The molecule has 1 heterocycles. The van der Waals surface area contributed by atoms with Crippen molar-refractivity contribution in [3.8, 4) is 0 Å². The van der Waals surface area contributed by atoms with Crippen molar-refractivity contribution in [1.29, 1.82) is 0 Å². The second-order valence-electron chi connectivity index (χ2n) is 3.63. The van der Waals surface area contributed by atoms with Gasteiger partial charge in [0, 0.05) is 13.6 Å². The number of nitrogens with two attached hydrogens (primary N) is 1. The third kappa shape index (κ3) is 1.77. The maximum Gasteiger partial charge on any atom is 0.0907 e. The van der Waals surface area contributed by atoms with Crippen LogP contribution >= 0.6 is 11.3 Å². The average Bonchev–Trinajstić information content (AvgIpc) is 2.55. The molecule has 80 valence electrons. The molecule has 0 aliphatic carbocycles. The highest BCUT2D eigenvalue weighted by atomic mass is 32.1. The van der Waals surface area contributed by atoms with Gasteiger partial charge in [-0.25, -0.2) is 4.98 Å². The van der Waals surface area contributed by atoms with Gasteiger partial charge in [0.05, 0.1) is 26.6 Å². The lowest BCUT2D eigenvalue weighted by Gasteiger charge is -2.18. The molecule has 0 aliphatic heterocycles. The first-order valence-electron chi connectivity index (χ1n) is 4.99. The molecule has 0 saturated heterocycles. The molecule has 0 fully saturated rings. The molecule has 3 nitrogen and oxygen atoms in total. The first-order chi connectivity index (χ1) is 7.11. The Morgan fingerprint density at radius 2 is 2.20 bits per heavy atom. The first-order valence-corrected chi connectivity index (χ1v) is 5.81. The van der Waals surface area contributed by atoms with Crippen molar-refractivity contribution in [1.82, 2.24) is 4.98 Å². The lowest BCUT2D eigenvalue weighted by atomic mass is 10.2. The molecular weight excluding hydrogens is 206 g/mol. The fourth-order valence-corrected chi connectivity index (χ4v) is 2.45. The highest BCUT2D eigenvalue weighted by Crippen LogP contribution is 2.31. The molecule has 2 N–H and O–H groups in total. The van der Waals surface area contributed by atoms with E-state index in [0.717, 1.165) is 28.4 Å². The second kappa shape index (κ2) is 3.70. The van der Waals surface area contributed by atoms with E-state index in [1.54, 1.807) is 11.3 Å². The number of aromatic nitrogens is 1. The summed E-state index contributed by atoms with van der Waals surface area (Å²) in [6, 6.07) is 4.08. The van der Waals surface area contributed by atoms with Gasteiger partial charge in [0.1, 0.15) is 0 Å². The summed E-state index contributed by atoms with van der Waals surface area (Å²) in [7, 11) is 2.04. The summed E-state index contributed by atoms with van der Waals surface area (Å²) in [5.74, 6) is 0. The molecule has 0 amide bonds. The van der Waals surface area contributed by atoms with Crippen molar-refractivity contribution in [2.75, 3.05) is 24.2 Å². The fourth-order valence-electron chi connectivity index (χ4n) is 1.59. The Bertz CT molecular complexity index is 490. The van der Waals surface area contributed by atoms with Gasteiger partial charge in [-0.15, -0.1) is 11.3 Å². The van der Waals surface area contributed by atoms with Crippen LogP contribution in [0.4, 0.5) is 11.4 Å². The van der Waals surface area contributed by atoms with Crippen LogP contribution in [0, 0.1) is 6.92 Å². The number of anilines is 2. The normalized spacial score (nSPS) is 10.9. The molecule has 0 aliphatic rings. The molecule has 0 atom stereocenters. The van der Waals surface area contributed by atoms with Gasteiger partial charge in [-0.2, -0.15) is 0 Å². The molecule has 15 heavy (non-hydrogen) atoms. The Hall–Kier alpha value is -1.29. The van der Waals surface area contributed by atoms with Crippen LogP contribution in [0.3, 0.4) is 0 Å². The molecule has 1 aromatic heterocycles. The SMILES string of the molecule is CCN(C)c1cc2nc(C)sc2cc1N. The van der Waals surface area contributed by atoms with Gasteiger partial charge in [-0.05, 0) is 26.0 Å². The van der Waals surface area contributed by atoms with E-state index in [0.29, 0.717) is 0 Å². The van der Waals surface area contributed by atoms with Crippen LogP contribution in [0.15, 0.2) is 12.1 Å². The number of benzene rings is 1. The highest BCUT2D eigenvalue weighted by molar-refractivity contribution is 7.18. The van der Waals surface area contributed by atoms with Crippen LogP contribution in [0.5, 0.6) is 0 Å². The second-order valence-corrected chi connectivity index (χ2v) is 4.86. The van der Waals surface area contributed by atoms with Gasteiger partial charge >= 0.3 is 0 Å². The van der Waals surface area contributed by atoms with E-state index in [4.69, 9.17) is 5.73 Å². The van der Waals surface area contributed by atoms with Crippen LogP contribution in [0.1, 0.15) is 11.9 Å². The summed E-state index contributed by atoms with van der Waals surface area (Å²) in [4.78, 5) is 6.60. The molecule has 1 aromatic carbocycles. The summed E-state index contributed by atoms with van der Waals surface area (Å²) in [6.07, 6.45) is 0. The highest BCUT2D eigenvalue weighted by Gasteiger charge is 2.08. The molecule has 0 bridgehead atoms. The van der Waals surface area contributed by atoms with Crippen LogP contribution in [-0.4, -0.2) is 18.6 Å². The molecule has 0 saturated carbocycles. The van der Waals surface area contributed by atoms with Gasteiger partial charge in [0.25, 0.3) is 0 Å². The number of hydrogen-bond donors (Lipinski definition) is 1. The monoisotopic (exact) mass is 221 g/mol. The first kappa shape index (κ1) is 10.2. The molecule has 4 heteroatoms. The zero-order chi connectivity index (χ0) is 11.0. The van der Waals surface area contributed by atoms with E-state index >= 15 is 0 Å². The van der Waals surface area contributed by atoms with Crippen molar-refractivity contribution in [2.24, 2.45) is 0 Å². The number of fused-ring (bicyclic) bond motifs is 1. The van der Waals surface area contributed by atoms with Gasteiger partial charge in [0.15, 0.2) is 0 Å². The molecule has 2 aromatic rings. The van der Waals surface area contributed by atoms with Crippen LogP contribution in [-0.2, 0) is 0 Å². The summed E-state index contributed by atoms with van der Waals surface area (Å²) in [6.45, 7) is 5.07. The maximum atomic E-state index is 6.01. The number of nitrogens with zero attached hydrogens (tertiary/aromatic N) is 2. The van der Waals surface area contributed by atoms with E-state index in [9.17, 15) is 0 Å². The minimum absolute atomic E-state index is 0.829. The number of nitrogen functional groups attached to an aromatic ring is 1. The van der Waals surface area contributed by atoms with Crippen molar-refractivity contribution >= 4 is 32.9 Å². The summed E-state index contributed by atoms with van der Waals surface area (Å²) in [5.41, 5.74) is 8.95. The lowest BCUT2D eigenvalue weighted by molar-refractivity contribution is 0.971. The van der Waals surface area contributed by atoms with Crippen molar-refractivity contribution < 1.29 is 0 Å². The molecular formula is C11H15N3S. The van der Waals surface area contributed by atoms with E-state index in [1.807, 2.05) is 20.0 Å². The van der Waals surface area contributed by atoms with Crippen LogP contribution in [0.25, 0.3) is 10.2 Å². The molecule has 0 spiro atoms. The van der Waals surface area contributed by atoms with Crippen LogP contribution < -0.4 is 10.6 Å². The Balaban J connectivity index is 2.60. The largest absolute Gasteiger partial charge is 0.397 e. The van der Waals surface area contributed by atoms with E-state index in [1.165, 1.54) is 4.70 Å². The van der Waals surface area contributed by atoms with Crippen LogP contribution in [0.2, 0.25) is 0 Å². The van der Waals surface area contributed by atoms with Gasteiger partial charge in [0.2, 0.25) is 0 Å².